The molecular formula is C21H18FN5O3S. The lowest BCUT2D eigenvalue weighted by atomic mass is 10.2. The number of benzene rings is 2. The Balaban J connectivity index is 1.48. The number of nitrogens with one attached hydrogen (secondary N) is 1. The lowest BCUT2D eigenvalue weighted by molar-refractivity contribution is -0.113. The second kappa shape index (κ2) is 9.00. The van der Waals surface area contributed by atoms with Crippen molar-refractivity contribution in [3.8, 4) is 17.2 Å². The van der Waals surface area contributed by atoms with E-state index >= 15 is 0 Å². The zero-order valence-corrected chi connectivity index (χ0v) is 17.5. The SMILES string of the molecule is COc1ccc(NC(=O)CSc2ncnc3c2cnn3-c2ccc(F)cc2)cc1OC. The molecule has 0 aliphatic rings. The first kappa shape index (κ1) is 20.6. The van der Waals surface area contributed by atoms with Crippen LogP contribution in [0.15, 0.2) is 60.0 Å². The van der Waals surface area contributed by atoms with Gasteiger partial charge in [-0.05, 0) is 36.4 Å². The van der Waals surface area contributed by atoms with Gasteiger partial charge >= 0.3 is 0 Å². The quantitative estimate of drug-likeness (QED) is 0.347. The standard InChI is InChI=1S/C21H18FN5O3S/c1-29-17-8-5-14(9-18(17)30-2)26-19(28)11-31-21-16-10-25-27(20(16)23-12-24-21)15-6-3-13(22)4-7-15/h3-10,12H,11H2,1-2H3,(H,26,28). The number of carbonyl (C=O) groups is 1. The number of ether oxygens (including phenoxy) is 2. The van der Waals surface area contributed by atoms with E-state index in [9.17, 15) is 9.18 Å². The van der Waals surface area contributed by atoms with Gasteiger partial charge in [0.2, 0.25) is 5.91 Å². The van der Waals surface area contributed by atoms with Crippen molar-refractivity contribution in [1.29, 1.82) is 0 Å². The highest BCUT2D eigenvalue weighted by Crippen LogP contribution is 2.30. The fourth-order valence-corrected chi connectivity index (χ4v) is 3.71. The number of anilines is 1. The van der Waals surface area contributed by atoms with E-state index in [4.69, 9.17) is 9.47 Å². The summed E-state index contributed by atoms with van der Waals surface area (Å²) in [5.41, 5.74) is 1.85. The summed E-state index contributed by atoms with van der Waals surface area (Å²) in [5, 5.41) is 8.50. The first-order valence-electron chi connectivity index (χ1n) is 9.18. The normalized spacial score (nSPS) is 10.8. The maximum atomic E-state index is 13.2. The number of hydrogen-bond acceptors (Lipinski definition) is 7. The molecule has 158 valence electrons. The van der Waals surface area contributed by atoms with E-state index in [-0.39, 0.29) is 17.5 Å². The third-order valence-corrected chi connectivity index (χ3v) is 5.41. The van der Waals surface area contributed by atoms with Crippen molar-refractivity contribution in [3.05, 3.63) is 60.8 Å². The molecule has 0 spiro atoms. The molecule has 0 aliphatic heterocycles. The Kier molecular flexibility index (Phi) is 5.99. The van der Waals surface area contributed by atoms with Crippen molar-refractivity contribution in [3.63, 3.8) is 0 Å². The van der Waals surface area contributed by atoms with Crippen molar-refractivity contribution in [1.82, 2.24) is 19.7 Å². The van der Waals surface area contributed by atoms with Crippen LogP contribution in [0.4, 0.5) is 10.1 Å². The Bertz CT molecular complexity index is 1230. The highest BCUT2D eigenvalue weighted by atomic mass is 32.2. The van der Waals surface area contributed by atoms with Crippen LogP contribution in [0.5, 0.6) is 11.5 Å². The predicted molar refractivity (Wildman–Crippen MR) is 116 cm³/mol. The number of hydrogen-bond donors (Lipinski definition) is 1. The maximum Gasteiger partial charge on any atom is 0.234 e. The van der Waals surface area contributed by atoms with Gasteiger partial charge in [-0.25, -0.2) is 19.0 Å². The summed E-state index contributed by atoms with van der Waals surface area (Å²) in [5.74, 6) is 0.721. The Labute approximate surface area is 181 Å². The fourth-order valence-electron chi connectivity index (χ4n) is 2.95. The summed E-state index contributed by atoms with van der Waals surface area (Å²) in [6.07, 6.45) is 3.05. The van der Waals surface area contributed by atoms with Crippen LogP contribution in [-0.2, 0) is 4.79 Å². The van der Waals surface area contributed by atoms with Crippen LogP contribution in [-0.4, -0.2) is 45.6 Å². The van der Waals surface area contributed by atoms with Crippen LogP contribution < -0.4 is 14.8 Å². The molecule has 4 rings (SSSR count). The lowest BCUT2D eigenvalue weighted by Gasteiger charge is -2.10. The first-order chi connectivity index (χ1) is 15.1. The molecule has 0 aliphatic carbocycles. The molecule has 8 nitrogen and oxygen atoms in total. The molecule has 4 aromatic rings. The number of nitrogens with zero attached hydrogens (tertiary/aromatic N) is 4. The summed E-state index contributed by atoms with van der Waals surface area (Å²) in [7, 11) is 3.08. The number of rotatable bonds is 7. The molecule has 2 aromatic heterocycles. The van der Waals surface area contributed by atoms with E-state index < -0.39 is 0 Å². The van der Waals surface area contributed by atoms with Crippen LogP contribution in [0.25, 0.3) is 16.7 Å². The van der Waals surface area contributed by atoms with Gasteiger partial charge in [0.25, 0.3) is 0 Å². The average Bonchev–Trinajstić information content (AvgIpc) is 3.23. The minimum atomic E-state index is -0.327. The van der Waals surface area contributed by atoms with Gasteiger partial charge in [-0.2, -0.15) is 5.10 Å². The van der Waals surface area contributed by atoms with E-state index in [1.165, 1.54) is 37.3 Å². The number of thioether (sulfide) groups is 1. The monoisotopic (exact) mass is 439 g/mol. The van der Waals surface area contributed by atoms with Gasteiger partial charge in [0.1, 0.15) is 17.2 Å². The van der Waals surface area contributed by atoms with Gasteiger partial charge in [0, 0.05) is 11.8 Å². The van der Waals surface area contributed by atoms with E-state index in [1.54, 1.807) is 48.3 Å². The Morgan fingerprint density at radius 2 is 1.87 bits per heavy atom. The third kappa shape index (κ3) is 4.43. The van der Waals surface area contributed by atoms with Gasteiger partial charge < -0.3 is 14.8 Å². The molecule has 31 heavy (non-hydrogen) atoms. The Morgan fingerprint density at radius 3 is 2.61 bits per heavy atom. The van der Waals surface area contributed by atoms with Crippen molar-refractivity contribution in [2.45, 2.75) is 5.03 Å². The van der Waals surface area contributed by atoms with Crippen LogP contribution in [0.2, 0.25) is 0 Å². The molecule has 0 saturated heterocycles. The fraction of sp³-hybridized carbons (Fsp3) is 0.143. The average molecular weight is 439 g/mol. The summed E-state index contributed by atoms with van der Waals surface area (Å²) >= 11 is 1.27. The van der Waals surface area contributed by atoms with Crippen molar-refractivity contribution < 1.29 is 18.7 Å². The predicted octanol–water partition coefficient (Wildman–Crippen LogP) is 3.70. The summed E-state index contributed by atoms with van der Waals surface area (Å²) in [6, 6.07) is 11.1. The van der Waals surface area contributed by atoms with Gasteiger partial charge in [-0.3, -0.25) is 4.79 Å². The molecule has 1 N–H and O–H groups in total. The molecule has 2 heterocycles. The number of methoxy groups -OCH3 is 2. The van der Waals surface area contributed by atoms with Crippen LogP contribution in [0.1, 0.15) is 0 Å². The van der Waals surface area contributed by atoms with E-state index in [0.717, 1.165) is 0 Å². The molecule has 0 fully saturated rings. The van der Waals surface area contributed by atoms with Gasteiger partial charge in [-0.15, -0.1) is 0 Å². The van der Waals surface area contributed by atoms with E-state index in [1.807, 2.05) is 0 Å². The number of aromatic nitrogens is 4. The molecular weight excluding hydrogens is 421 g/mol. The highest BCUT2D eigenvalue weighted by Gasteiger charge is 2.14. The van der Waals surface area contributed by atoms with Crippen molar-refractivity contribution in [2.24, 2.45) is 0 Å². The molecule has 0 saturated carbocycles. The maximum absolute atomic E-state index is 13.2. The van der Waals surface area contributed by atoms with Gasteiger partial charge in [-0.1, -0.05) is 11.8 Å². The minimum Gasteiger partial charge on any atom is -0.493 e. The highest BCUT2D eigenvalue weighted by molar-refractivity contribution is 8.00. The summed E-state index contributed by atoms with van der Waals surface area (Å²) in [6.45, 7) is 0. The third-order valence-electron chi connectivity index (χ3n) is 4.41. The Morgan fingerprint density at radius 1 is 1.10 bits per heavy atom. The van der Waals surface area contributed by atoms with Crippen LogP contribution >= 0.6 is 11.8 Å². The largest absolute Gasteiger partial charge is 0.493 e. The number of amides is 1. The minimum absolute atomic E-state index is 0.141. The van der Waals surface area contributed by atoms with Crippen molar-refractivity contribution in [2.75, 3.05) is 25.3 Å². The molecule has 2 aromatic carbocycles. The molecule has 0 bridgehead atoms. The second-order valence-electron chi connectivity index (χ2n) is 6.36. The summed E-state index contributed by atoms with van der Waals surface area (Å²) < 4.78 is 25.3. The second-order valence-corrected chi connectivity index (χ2v) is 7.32. The van der Waals surface area contributed by atoms with Gasteiger partial charge in [0.15, 0.2) is 17.1 Å². The number of carbonyl (C=O) groups excluding carboxylic acids is 1. The first-order valence-corrected chi connectivity index (χ1v) is 10.2. The lowest BCUT2D eigenvalue weighted by Crippen LogP contribution is -2.14. The van der Waals surface area contributed by atoms with E-state index in [2.05, 4.69) is 20.4 Å². The smallest absolute Gasteiger partial charge is 0.234 e. The van der Waals surface area contributed by atoms with Crippen LogP contribution in [0.3, 0.4) is 0 Å². The summed E-state index contributed by atoms with van der Waals surface area (Å²) in [4.78, 5) is 21.0. The molecule has 1 amide bonds. The van der Waals surface area contributed by atoms with E-state index in [0.29, 0.717) is 38.9 Å². The molecule has 0 radical (unpaired) electrons. The molecule has 10 heteroatoms. The van der Waals surface area contributed by atoms with Crippen molar-refractivity contribution >= 4 is 34.4 Å². The Hall–Kier alpha value is -3.66. The zero-order valence-electron chi connectivity index (χ0n) is 16.7. The topological polar surface area (TPSA) is 91.2 Å². The number of fused-ring (bicyclic) bond motifs is 1. The molecule has 0 atom stereocenters. The zero-order chi connectivity index (χ0) is 21.8. The van der Waals surface area contributed by atoms with Crippen LogP contribution in [0, 0.1) is 5.82 Å². The number of halogens is 1. The molecule has 0 unspecified atom stereocenters. The van der Waals surface area contributed by atoms with Gasteiger partial charge in [0.05, 0.1) is 37.2 Å².